The molecule has 0 atom stereocenters. The van der Waals surface area contributed by atoms with Gasteiger partial charge in [-0.3, -0.25) is 0 Å². The number of hydrogen-bond donors (Lipinski definition) is 1. The molecule has 0 radical (unpaired) electrons. The van der Waals surface area contributed by atoms with E-state index in [-0.39, 0.29) is 6.09 Å². The van der Waals surface area contributed by atoms with E-state index in [1.165, 1.54) is 58.3 Å². The number of carbonyl (C=O) groups is 1. The van der Waals surface area contributed by atoms with Gasteiger partial charge in [0.2, 0.25) is 0 Å². The van der Waals surface area contributed by atoms with E-state index < -0.39 is 5.60 Å². The number of ether oxygens (including phenoxy) is 1. The van der Waals surface area contributed by atoms with Crippen molar-refractivity contribution in [3.8, 4) is 0 Å². The summed E-state index contributed by atoms with van der Waals surface area (Å²) in [4.78, 5) is 17.1. The Morgan fingerprint density at radius 3 is 2.38 bits per heavy atom. The summed E-state index contributed by atoms with van der Waals surface area (Å²) in [5.74, 6) is 0. The maximum absolute atomic E-state index is 12.4. The molecule has 0 aromatic rings. The van der Waals surface area contributed by atoms with Gasteiger partial charge in [0.05, 0.1) is 0 Å². The molecule has 3 saturated heterocycles. The van der Waals surface area contributed by atoms with E-state index in [0.29, 0.717) is 5.41 Å². The summed E-state index contributed by atoms with van der Waals surface area (Å²) in [6.07, 6.45) is 7.31. The van der Waals surface area contributed by atoms with Gasteiger partial charge in [-0.05, 0) is 90.9 Å². The van der Waals surface area contributed by atoms with Crippen molar-refractivity contribution in [2.24, 2.45) is 5.41 Å². The van der Waals surface area contributed by atoms with Crippen molar-refractivity contribution in [2.75, 3.05) is 39.3 Å². The summed E-state index contributed by atoms with van der Waals surface area (Å²) in [6.45, 7) is 12.3. The van der Waals surface area contributed by atoms with Crippen molar-refractivity contribution in [3.05, 3.63) is 0 Å². The molecule has 3 aliphatic rings. The molecule has 0 aromatic heterocycles. The fraction of sp³-hybridized carbons (Fsp3) is 0.947. The van der Waals surface area contributed by atoms with Gasteiger partial charge < -0.3 is 19.9 Å². The molecule has 3 fully saturated rings. The van der Waals surface area contributed by atoms with E-state index in [9.17, 15) is 4.79 Å². The van der Waals surface area contributed by atoms with Crippen LogP contribution in [0.2, 0.25) is 0 Å². The SMILES string of the molecule is CC(C)(C)OC(=O)N1CCCC2(CCN(C3CCNCC3)CC2)C1. The molecule has 1 amide bonds. The molecule has 5 nitrogen and oxygen atoms in total. The topological polar surface area (TPSA) is 44.8 Å². The molecule has 0 saturated carbocycles. The molecule has 0 aromatic carbocycles. The van der Waals surface area contributed by atoms with Crippen LogP contribution in [0.3, 0.4) is 0 Å². The average molecular weight is 338 g/mol. The predicted molar refractivity (Wildman–Crippen MR) is 96.2 cm³/mol. The molecule has 0 unspecified atom stereocenters. The maximum atomic E-state index is 12.4. The Morgan fingerprint density at radius 2 is 1.75 bits per heavy atom. The Balaban J connectivity index is 1.54. The highest BCUT2D eigenvalue weighted by Gasteiger charge is 2.41. The first-order chi connectivity index (χ1) is 11.4. The van der Waals surface area contributed by atoms with Crippen LogP contribution in [0.1, 0.15) is 59.3 Å². The fourth-order valence-electron chi connectivity index (χ4n) is 4.63. The number of piperidine rings is 3. The molecule has 1 spiro atoms. The van der Waals surface area contributed by atoms with E-state index in [4.69, 9.17) is 4.74 Å². The number of likely N-dealkylation sites (tertiary alicyclic amines) is 2. The quantitative estimate of drug-likeness (QED) is 0.799. The van der Waals surface area contributed by atoms with Gasteiger partial charge in [0, 0.05) is 19.1 Å². The fourth-order valence-corrected chi connectivity index (χ4v) is 4.63. The van der Waals surface area contributed by atoms with Gasteiger partial charge in [-0.15, -0.1) is 0 Å². The lowest BCUT2D eigenvalue weighted by molar-refractivity contribution is -0.0178. The van der Waals surface area contributed by atoms with E-state index >= 15 is 0 Å². The van der Waals surface area contributed by atoms with Gasteiger partial charge in [-0.1, -0.05) is 0 Å². The molecule has 3 aliphatic heterocycles. The number of nitrogens with zero attached hydrogens (tertiary/aromatic N) is 2. The number of rotatable bonds is 1. The minimum Gasteiger partial charge on any atom is -0.444 e. The number of nitrogens with one attached hydrogen (secondary N) is 1. The van der Waals surface area contributed by atoms with Gasteiger partial charge in [-0.25, -0.2) is 4.79 Å². The zero-order chi connectivity index (χ0) is 17.2. The van der Waals surface area contributed by atoms with Gasteiger partial charge in [-0.2, -0.15) is 0 Å². The van der Waals surface area contributed by atoms with Crippen molar-refractivity contribution < 1.29 is 9.53 Å². The zero-order valence-electron chi connectivity index (χ0n) is 15.8. The first kappa shape index (κ1) is 18.0. The van der Waals surface area contributed by atoms with Gasteiger partial charge >= 0.3 is 6.09 Å². The van der Waals surface area contributed by atoms with Gasteiger partial charge in [0.15, 0.2) is 0 Å². The smallest absolute Gasteiger partial charge is 0.410 e. The van der Waals surface area contributed by atoms with E-state index in [2.05, 4.69) is 10.2 Å². The molecular weight excluding hydrogens is 302 g/mol. The monoisotopic (exact) mass is 337 g/mol. The highest BCUT2D eigenvalue weighted by Crippen LogP contribution is 2.41. The van der Waals surface area contributed by atoms with Crippen molar-refractivity contribution in [2.45, 2.75) is 70.9 Å². The second kappa shape index (κ2) is 7.20. The average Bonchev–Trinajstić information content (AvgIpc) is 2.55. The Labute approximate surface area is 147 Å². The van der Waals surface area contributed by atoms with Crippen molar-refractivity contribution >= 4 is 6.09 Å². The molecule has 3 heterocycles. The third kappa shape index (κ3) is 4.42. The summed E-state index contributed by atoms with van der Waals surface area (Å²) in [7, 11) is 0. The van der Waals surface area contributed by atoms with Crippen LogP contribution in [0.15, 0.2) is 0 Å². The second-order valence-corrected chi connectivity index (χ2v) is 9.02. The second-order valence-electron chi connectivity index (χ2n) is 9.02. The lowest BCUT2D eigenvalue weighted by atomic mass is 9.72. The lowest BCUT2D eigenvalue weighted by Crippen LogP contribution is -2.54. The van der Waals surface area contributed by atoms with E-state index in [1.54, 1.807) is 0 Å². The molecule has 3 rings (SSSR count). The summed E-state index contributed by atoms with van der Waals surface area (Å²) >= 11 is 0. The summed E-state index contributed by atoms with van der Waals surface area (Å²) in [5, 5.41) is 3.46. The number of carbonyl (C=O) groups excluding carboxylic acids is 1. The van der Waals surface area contributed by atoms with Crippen molar-refractivity contribution in [3.63, 3.8) is 0 Å². The Morgan fingerprint density at radius 1 is 1.08 bits per heavy atom. The van der Waals surface area contributed by atoms with Crippen LogP contribution in [0, 0.1) is 5.41 Å². The summed E-state index contributed by atoms with van der Waals surface area (Å²) in [5.41, 5.74) is -0.0708. The molecule has 5 heteroatoms. The van der Waals surface area contributed by atoms with Gasteiger partial charge in [0.1, 0.15) is 5.60 Å². The van der Waals surface area contributed by atoms with Crippen LogP contribution in [-0.2, 0) is 4.74 Å². The van der Waals surface area contributed by atoms with Crippen LogP contribution in [-0.4, -0.2) is 66.8 Å². The molecular formula is C19H35N3O2. The van der Waals surface area contributed by atoms with Crippen LogP contribution >= 0.6 is 0 Å². The first-order valence-corrected chi connectivity index (χ1v) is 9.80. The third-order valence-electron chi connectivity index (χ3n) is 6.00. The van der Waals surface area contributed by atoms with Crippen LogP contribution in [0.5, 0.6) is 0 Å². The largest absolute Gasteiger partial charge is 0.444 e. The number of amides is 1. The Hall–Kier alpha value is -0.810. The molecule has 1 N–H and O–H groups in total. The highest BCUT2D eigenvalue weighted by atomic mass is 16.6. The molecule has 138 valence electrons. The predicted octanol–water partition coefficient (Wildman–Crippen LogP) is 2.85. The zero-order valence-corrected chi connectivity index (χ0v) is 15.8. The van der Waals surface area contributed by atoms with Gasteiger partial charge in [0.25, 0.3) is 0 Å². The maximum Gasteiger partial charge on any atom is 0.410 e. The van der Waals surface area contributed by atoms with Crippen molar-refractivity contribution in [1.82, 2.24) is 15.1 Å². The minimum absolute atomic E-state index is 0.123. The molecule has 24 heavy (non-hydrogen) atoms. The first-order valence-electron chi connectivity index (χ1n) is 9.80. The number of hydrogen-bond acceptors (Lipinski definition) is 4. The molecule has 0 bridgehead atoms. The Kier molecular flexibility index (Phi) is 5.40. The third-order valence-corrected chi connectivity index (χ3v) is 6.00. The lowest BCUT2D eigenvalue weighted by Gasteiger charge is -2.49. The van der Waals surface area contributed by atoms with E-state index in [1.807, 2.05) is 25.7 Å². The van der Waals surface area contributed by atoms with Crippen molar-refractivity contribution in [1.29, 1.82) is 0 Å². The normalized spacial score (nSPS) is 26.5. The highest BCUT2D eigenvalue weighted by molar-refractivity contribution is 5.68. The minimum atomic E-state index is -0.403. The summed E-state index contributed by atoms with van der Waals surface area (Å²) < 4.78 is 5.60. The van der Waals surface area contributed by atoms with E-state index in [0.717, 1.165) is 25.6 Å². The summed E-state index contributed by atoms with van der Waals surface area (Å²) in [6, 6.07) is 0.772. The van der Waals surface area contributed by atoms with Crippen LogP contribution in [0.25, 0.3) is 0 Å². The standard InChI is InChI=1S/C19H35N3O2/c1-18(2,3)24-17(23)22-12-4-7-19(15-22)8-13-21(14-9-19)16-5-10-20-11-6-16/h16,20H,4-15H2,1-3H3. The Bertz CT molecular complexity index is 432. The molecule has 0 aliphatic carbocycles. The van der Waals surface area contributed by atoms with Crippen LogP contribution in [0.4, 0.5) is 4.79 Å². The van der Waals surface area contributed by atoms with Crippen LogP contribution < -0.4 is 5.32 Å².